The van der Waals surface area contributed by atoms with Crippen molar-refractivity contribution in [1.29, 1.82) is 0 Å². The van der Waals surface area contributed by atoms with E-state index in [2.05, 4.69) is 10.3 Å². The molecule has 0 atom stereocenters. The number of aromatic nitrogens is 1. The van der Waals surface area contributed by atoms with Crippen molar-refractivity contribution >= 4 is 23.4 Å². The van der Waals surface area contributed by atoms with Gasteiger partial charge in [0.1, 0.15) is 0 Å². The summed E-state index contributed by atoms with van der Waals surface area (Å²) in [5.41, 5.74) is 1.44. The standard InChI is InChI=1S/C20H22ClN3O2/c21-18-6-2-1-4-16(18)12-19(25)24-10-7-15(8-11-24)13-23-20(26)17-5-3-9-22-14-17/h1-6,9,14-15H,7-8,10-13H2,(H,23,26). The van der Waals surface area contributed by atoms with Gasteiger partial charge in [-0.15, -0.1) is 0 Å². The van der Waals surface area contributed by atoms with Crippen molar-refractivity contribution in [3.05, 3.63) is 64.9 Å². The minimum Gasteiger partial charge on any atom is -0.352 e. The second-order valence-corrected chi connectivity index (χ2v) is 6.95. The Labute approximate surface area is 158 Å². The van der Waals surface area contributed by atoms with Gasteiger partial charge < -0.3 is 10.2 Å². The van der Waals surface area contributed by atoms with Gasteiger partial charge in [0.2, 0.25) is 5.91 Å². The fraction of sp³-hybridized carbons (Fsp3) is 0.350. The molecule has 136 valence electrons. The van der Waals surface area contributed by atoms with Gasteiger partial charge >= 0.3 is 0 Å². The van der Waals surface area contributed by atoms with Crippen LogP contribution in [-0.2, 0) is 11.2 Å². The Hall–Kier alpha value is -2.40. The van der Waals surface area contributed by atoms with Gasteiger partial charge in [-0.3, -0.25) is 14.6 Å². The van der Waals surface area contributed by atoms with Gasteiger partial charge in [0, 0.05) is 37.1 Å². The number of nitrogens with zero attached hydrogens (tertiary/aromatic N) is 2. The summed E-state index contributed by atoms with van der Waals surface area (Å²) < 4.78 is 0. The van der Waals surface area contributed by atoms with E-state index in [-0.39, 0.29) is 11.8 Å². The van der Waals surface area contributed by atoms with E-state index in [9.17, 15) is 9.59 Å². The van der Waals surface area contributed by atoms with Crippen LogP contribution in [0.4, 0.5) is 0 Å². The molecule has 0 saturated carbocycles. The van der Waals surface area contributed by atoms with Gasteiger partial charge in [0.15, 0.2) is 0 Å². The second-order valence-electron chi connectivity index (χ2n) is 6.54. The quantitative estimate of drug-likeness (QED) is 0.878. The number of nitrogens with one attached hydrogen (secondary N) is 1. The smallest absolute Gasteiger partial charge is 0.252 e. The molecule has 1 fully saturated rings. The van der Waals surface area contributed by atoms with Crippen molar-refractivity contribution in [2.24, 2.45) is 5.92 Å². The summed E-state index contributed by atoms with van der Waals surface area (Å²) in [5.74, 6) is 0.395. The van der Waals surface area contributed by atoms with Crippen LogP contribution in [0.5, 0.6) is 0 Å². The van der Waals surface area contributed by atoms with Crippen LogP contribution in [0, 0.1) is 5.92 Å². The molecule has 3 rings (SSSR count). The number of hydrogen-bond acceptors (Lipinski definition) is 3. The number of piperidine rings is 1. The monoisotopic (exact) mass is 371 g/mol. The topological polar surface area (TPSA) is 62.3 Å². The van der Waals surface area contributed by atoms with Gasteiger partial charge in [-0.05, 0) is 42.5 Å². The number of likely N-dealkylation sites (tertiary alicyclic amines) is 1. The molecule has 1 saturated heterocycles. The lowest BCUT2D eigenvalue weighted by Crippen LogP contribution is -2.42. The fourth-order valence-electron chi connectivity index (χ4n) is 3.14. The van der Waals surface area contributed by atoms with Crippen molar-refractivity contribution in [2.45, 2.75) is 19.3 Å². The zero-order valence-corrected chi connectivity index (χ0v) is 15.3. The van der Waals surface area contributed by atoms with Crippen molar-refractivity contribution in [3.8, 4) is 0 Å². The Kier molecular flexibility index (Phi) is 6.23. The first-order chi connectivity index (χ1) is 12.6. The molecule has 1 aliphatic heterocycles. The first kappa shape index (κ1) is 18.4. The van der Waals surface area contributed by atoms with Crippen molar-refractivity contribution in [1.82, 2.24) is 15.2 Å². The van der Waals surface area contributed by atoms with E-state index in [0.717, 1.165) is 31.5 Å². The van der Waals surface area contributed by atoms with E-state index in [4.69, 9.17) is 11.6 Å². The van der Waals surface area contributed by atoms with Crippen LogP contribution >= 0.6 is 11.6 Å². The van der Waals surface area contributed by atoms with Crippen LogP contribution in [0.1, 0.15) is 28.8 Å². The van der Waals surface area contributed by atoms with Crippen LogP contribution in [0.25, 0.3) is 0 Å². The highest BCUT2D eigenvalue weighted by atomic mass is 35.5. The number of amides is 2. The van der Waals surface area contributed by atoms with E-state index >= 15 is 0 Å². The van der Waals surface area contributed by atoms with E-state index in [0.29, 0.717) is 29.5 Å². The average Bonchev–Trinajstić information content (AvgIpc) is 2.69. The molecule has 2 heterocycles. The van der Waals surface area contributed by atoms with Crippen LogP contribution in [0.15, 0.2) is 48.8 Å². The SMILES string of the molecule is O=C(NCC1CCN(C(=O)Cc2ccccc2Cl)CC1)c1cccnc1. The summed E-state index contributed by atoms with van der Waals surface area (Å²) in [5, 5.41) is 3.59. The Balaban J connectivity index is 1.43. The van der Waals surface area contributed by atoms with Crippen LogP contribution in [0.3, 0.4) is 0 Å². The molecule has 26 heavy (non-hydrogen) atoms. The number of pyridine rings is 1. The third-order valence-corrected chi connectivity index (χ3v) is 5.11. The molecule has 0 radical (unpaired) electrons. The Morgan fingerprint density at radius 1 is 1.15 bits per heavy atom. The zero-order chi connectivity index (χ0) is 18.4. The van der Waals surface area contributed by atoms with Gasteiger partial charge in [-0.1, -0.05) is 29.8 Å². The maximum absolute atomic E-state index is 12.5. The molecule has 0 bridgehead atoms. The lowest BCUT2D eigenvalue weighted by atomic mass is 9.96. The number of benzene rings is 1. The number of carbonyl (C=O) groups excluding carboxylic acids is 2. The molecular weight excluding hydrogens is 350 g/mol. The largest absolute Gasteiger partial charge is 0.352 e. The summed E-state index contributed by atoms with van der Waals surface area (Å²) in [6.45, 7) is 2.06. The lowest BCUT2D eigenvalue weighted by Gasteiger charge is -2.32. The predicted molar refractivity (Wildman–Crippen MR) is 101 cm³/mol. The molecule has 6 heteroatoms. The summed E-state index contributed by atoms with van der Waals surface area (Å²) >= 11 is 6.14. The minimum atomic E-state index is -0.102. The fourth-order valence-corrected chi connectivity index (χ4v) is 3.34. The summed E-state index contributed by atoms with van der Waals surface area (Å²) in [4.78, 5) is 30.4. The van der Waals surface area contributed by atoms with Gasteiger partial charge in [-0.2, -0.15) is 0 Å². The minimum absolute atomic E-state index is 0.102. The van der Waals surface area contributed by atoms with Gasteiger partial charge in [0.05, 0.1) is 12.0 Å². The number of rotatable bonds is 5. The molecule has 2 aromatic rings. The molecule has 0 aliphatic carbocycles. The van der Waals surface area contributed by atoms with E-state index < -0.39 is 0 Å². The normalized spacial score (nSPS) is 14.9. The second kappa shape index (κ2) is 8.81. The molecule has 1 aromatic carbocycles. The van der Waals surface area contributed by atoms with Crippen LogP contribution < -0.4 is 5.32 Å². The summed E-state index contributed by atoms with van der Waals surface area (Å²) in [7, 11) is 0. The maximum atomic E-state index is 12.5. The van der Waals surface area contributed by atoms with E-state index in [1.807, 2.05) is 23.1 Å². The molecule has 5 nitrogen and oxygen atoms in total. The van der Waals surface area contributed by atoms with Crippen LogP contribution in [0.2, 0.25) is 5.02 Å². The molecule has 1 aromatic heterocycles. The molecule has 2 amide bonds. The number of halogens is 1. The molecule has 1 N–H and O–H groups in total. The third-order valence-electron chi connectivity index (χ3n) is 4.74. The Morgan fingerprint density at radius 2 is 1.92 bits per heavy atom. The van der Waals surface area contributed by atoms with E-state index in [1.54, 1.807) is 30.6 Å². The lowest BCUT2D eigenvalue weighted by molar-refractivity contribution is -0.131. The maximum Gasteiger partial charge on any atom is 0.252 e. The molecule has 1 aliphatic rings. The molecule has 0 spiro atoms. The Bertz CT molecular complexity index is 759. The zero-order valence-electron chi connectivity index (χ0n) is 14.5. The third kappa shape index (κ3) is 4.82. The average molecular weight is 372 g/mol. The summed E-state index contributed by atoms with van der Waals surface area (Å²) in [6, 6.07) is 11.0. The molecular formula is C20H22ClN3O2. The van der Waals surface area contributed by atoms with Gasteiger partial charge in [0.25, 0.3) is 5.91 Å². The first-order valence-corrected chi connectivity index (χ1v) is 9.20. The predicted octanol–water partition coefficient (Wildman–Crippen LogP) is 2.95. The Morgan fingerprint density at radius 3 is 2.62 bits per heavy atom. The first-order valence-electron chi connectivity index (χ1n) is 8.83. The van der Waals surface area contributed by atoms with E-state index in [1.165, 1.54) is 0 Å². The molecule has 0 unspecified atom stereocenters. The highest BCUT2D eigenvalue weighted by molar-refractivity contribution is 6.31. The highest BCUT2D eigenvalue weighted by Crippen LogP contribution is 2.20. The van der Waals surface area contributed by atoms with Gasteiger partial charge in [-0.25, -0.2) is 0 Å². The van der Waals surface area contributed by atoms with Crippen molar-refractivity contribution < 1.29 is 9.59 Å². The van der Waals surface area contributed by atoms with Crippen molar-refractivity contribution in [2.75, 3.05) is 19.6 Å². The number of hydrogen-bond donors (Lipinski definition) is 1. The van der Waals surface area contributed by atoms with Crippen LogP contribution in [-0.4, -0.2) is 41.3 Å². The summed E-state index contributed by atoms with van der Waals surface area (Å²) in [6.07, 6.45) is 5.32. The highest BCUT2D eigenvalue weighted by Gasteiger charge is 2.23. The van der Waals surface area contributed by atoms with Crippen molar-refractivity contribution in [3.63, 3.8) is 0 Å². The number of carbonyl (C=O) groups is 2.